The Morgan fingerprint density at radius 3 is 2.56 bits per heavy atom. The van der Waals surface area contributed by atoms with Crippen LogP contribution >= 0.6 is 0 Å². The molecule has 0 atom stereocenters. The molecular formula is C13H15N3. The second kappa shape index (κ2) is 3.19. The van der Waals surface area contributed by atoms with Gasteiger partial charge in [0.1, 0.15) is 0 Å². The van der Waals surface area contributed by atoms with Gasteiger partial charge in [-0.25, -0.2) is 0 Å². The van der Waals surface area contributed by atoms with Crippen LogP contribution in [0.15, 0.2) is 36.5 Å². The molecule has 1 aliphatic carbocycles. The van der Waals surface area contributed by atoms with Gasteiger partial charge < -0.3 is 5.73 Å². The van der Waals surface area contributed by atoms with Gasteiger partial charge in [0.15, 0.2) is 0 Å². The molecule has 0 amide bonds. The third-order valence-corrected chi connectivity index (χ3v) is 3.31. The second-order valence-electron chi connectivity index (χ2n) is 4.55. The predicted octanol–water partition coefficient (Wildman–Crippen LogP) is 2.03. The first-order valence-electron chi connectivity index (χ1n) is 5.57. The molecule has 1 heterocycles. The zero-order chi connectivity index (χ0) is 11.2. The van der Waals surface area contributed by atoms with Crippen molar-refractivity contribution in [1.82, 2.24) is 9.78 Å². The summed E-state index contributed by atoms with van der Waals surface area (Å²) in [6, 6.07) is 10.3. The van der Waals surface area contributed by atoms with Gasteiger partial charge in [-0.3, -0.25) is 4.68 Å². The van der Waals surface area contributed by atoms with Gasteiger partial charge in [-0.05, 0) is 12.8 Å². The number of benzene rings is 1. The summed E-state index contributed by atoms with van der Waals surface area (Å²) in [5, 5.41) is 4.34. The summed E-state index contributed by atoms with van der Waals surface area (Å²) < 4.78 is 1.91. The van der Waals surface area contributed by atoms with Crippen molar-refractivity contribution < 1.29 is 0 Å². The van der Waals surface area contributed by atoms with Crippen molar-refractivity contribution in [2.24, 2.45) is 12.8 Å². The minimum Gasteiger partial charge on any atom is -0.321 e. The average molecular weight is 213 g/mol. The summed E-state index contributed by atoms with van der Waals surface area (Å²) in [6.45, 7) is 0. The van der Waals surface area contributed by atoms with Gasteiger partial charge >= 0.3 is 0 Å². The Kier molecular flexibility index (Phi) is 1.91. The summed E-state index contributed by atoms with van der Waals surface area (Å²) in [5.41, 5.74) is 9.66. The normalized spacial score (nSPS) is 17.4. The highest BCUT2D eigenvalue weighted by Gasteiger charge is 2.43. The third kappa shape index (κ3) is 1.36. The van der Waals surface area contributed by atoms with Gasteiger partial charge in [0, 0.05) is 23.7 Å². The van der Waals surface area contributed by atoms with Gasteiger partial charge in [0.2, 0.25) is 0 Å². The van der Waals surface area contributed by atoms with E-state index in [0.717, 1.165) is 18.5 Å². The first-order chi connectivity index (χ1) is 7.71. The number of rotatable bonds is 2. The second-order valence-corrected chi connectivity index (χ2v) is 4.55. The number of nitrogens with zero attached hydrogens (tertiary/aromatic N) is 2. The molecule has 82 valence electrons. The summed E-state index contributed by atoms with van der Waals surface area (Å²) >= 11 is 0. The van der Waals surface area contributed by atoms with E-state index in [4.69, 9.17) is 5.73 Å². The lowest BCUT2D eigenvalue weighted by atomic mass is 10.0. The highest BCUT2D eigenvalue weighted by Crippen LogP contribution is 2.46. The van der Waals surface area contributed by atoms with Crippen LogP contribution in [-0.4, -0.2) is 9.78 Å². The fourth-order valence-corrected chi connectivity index (χ4v) is 2.14. The molecule has 3 rings (SSSR count). The van der Waals surface area contributed by atoms with E-state index in [1.807, 2.05) is 36.1 Å². The highest BCUT2D eigenvalue weighted by molar-refractivity contribution is 5.65. The number of hydrogen-bond donors (Lipinski definition) is 1. The van der Waals surface area contributed by atoms with Crippen LogP contribution in [0.25, 0.3) is 11.3 Å². The number of aryl methyl sites for hydroxylation is 1. The van der Waals surface area contributed by atoms with E-state index in [1.54, 1.807) is 0 Å². The maximum atomic E-state index is 6.27. The van der Waals surface area contributed by atoms with Crippen LogP contribution in [0.1, 0.15) is 18.4 Å². The smallest absolute Gasteiger partial charge is 0.0729 e. The van der Waals surface area contributed by atoms with Crippen molar-refractivity contribution in [3.8, 4) is 11.3 Å². The van der Waals surface area contributed by atoms with Crippen molar-refractivity contribution >= 4 is 0 Å². The van der Waals surface area contributed by atoms with E-state index >= 15 is 0 Å². The fraction of sp³-hybridized carbons (Fsp3) is 0.308. The summed E-state index contributed by atoms with van der Waals surface area (Å²) in [6.07, 6.45) is 4.05. The Labute approximate surface area is 94.9 Å². The Balaban J connectivity index is 2.16. The van der Waals surface area contributed by atoms with Crippen molar-refractivity contribution in [1.29, 1.82) is 0 Å². The van der Waals surface area contributed by atoms with Crippen LogP contribution in [0.5, 0.6) is 0 Å². The first kappa shape index (κ1) is 9.60. The van der Waals surface area contributed by atoms with E-state index in [9.17, 15) is 0 Å². The molecule has 2 aromatic rings. The maximum Gasteiger partial charge on any atom is 0.0729 e. The topological polar surface area (TPSA) is 43.8 Å². The van der Waals surface area contributed by atoms with Gasteiger partial charge in [0.25, 0.3) is 0 Å². The standard InChI is InChI=1S/C13H15N3/c1-16-12(10-5-3-2-4-6-10)11(9-15-16)13(14)7-8-13/h2-6,9H,7-8,14H2,1H3. The number of hydrogen-bond acceptors (Lipinski definition) is 2. The van der Waals surface area contributed by atoms with Crippen LogP contribution in [0.3, 0.4) is 0 Å². The van der Waals surface area contributed by atoms with Crippen molar-refractivity contribution in [2.75, 3.05) is 0 Å². The van der Waals surface area contributed by atoms with E-state index in [-0.39, 0.29) is 5.54 Å². The molecule has 1 aromatic carbocycles. The summed E-state index contributed by atoms with van der Waals surface area (Å²) in [4.78, 5) is 0. The molecule has 1 fully saturated rings. The van der Waals surface area contributed by atoms with Gasteiger partial charge in [0.05, 0.1) is 11.9 Å². The van der Waals surface area contributed by atoms with Crippen molar-refractivity contribution in [3.63, 3.8) is 0 Å². The predicted molar refractivity (Wildman–Crippen MR) is 63.7 cm³/mol. The molecule has 3 heteroatoms. The largest absolute Gasteiger partial charge is 0.321 e. The van der Waals surface area contributed by atoms with Crippen LogP contribution in [-0.2, 0) is 12.6 Å². The SMILES string of the molecule is Cn1ncc(C2(N)CC2)c1-c1ccccc1. The number of nitrogens with two attached hydrogens (primary N) is 1. The van der Waals surface area contributed by atoms with E-state index in [2.05, 4.69) is 17.2 Å². The molecule has 1 aromatic heterocycles. The molecule has 0 bridgehead atoms. The molecule has 3 nitrogen and oxygen atoms in total. The number of aromatic nitrogens is 2. The lowest BCUT2D eigenvalue weighted by Crippen LogP contribution is -2.19. The highest BCUT2D eigenvalue weighted by atomic mass is 15.3. The van der Waals surface area contributed by atoms with Crippen molar-refractivity contribution in [3.05, 3.63) is 42.1 Å². The molecule has 0 spiro atoms. The fourth-order valence-electron chi connectivity index (χ4n) is 2.14. The molecule has 0 radical (unpaired) electrons. The average Bonchev–Trinajstić information content (AvgIpc) is 2.91. The van der Waals surface area contributed by atoms with E-state index < -0.39 is 0 Å². The summed E-state index contributed by atoms with van der Waals surface area (Å²) in [5.74, 6) is 0. The zero-order valence-corrected chi connectivity index (χ0v) is 9.35. The van der Waals surface area contributed by atoms with Gasteiger partial charge in [-0.2, -0.15) is 5.10 Å². The van der Waals surface area contributed by atoms with Crippen LogP contribution in [0, 0.1) is 0 Å². The zero-order valence-electron chi connectivity index (χ0n) is 9.35. The molecule has 0 aliphatic heterocycles. The Morgan fingerprint density at radius 1 is 1.25 bits per heavy atom. The van der Waals surface area contributed by atoms with Gasteiger partial charge in [-0.1, -0.05) is 30.3 Å². The quantitative estimate of drug-likeness (QED) is 0.829. The third-order valence-electron chi connectivity index (χ3n) is 3.31. The van der Waals surface area contributed by atoms with Crippen LogP contribution in [0.4, 0.5) is 0 Å². The lowest BCUT2D eigenvalue weighted by molar-refractivity contribution is 0.737. The van der Waals surface area contributed by atoms with Gasteiger partial charge in [-0.15, -0.1) is 0 Å². The Bertz CT molecular complexity index is 509. The Hall–Kier alpha value is -1.61. The van der Waals surface area contributed by atoms with Crippen molar-refractivity contribution in [2.45, 2.75) is 18.4 Å². The molecule has 0 unspecified atom stereocenters. The minimum absolute atomic E-state index is 0.126. The Morgan fingerprint density at radius 2 is 1.94 bits per heavy atom. The van der Waals surface area contributed by atoms with E-state index in [0.29, 0.717) is 0 Å². The van der Waals surface area contributed by atoms with E-state index in [1.165, 1.54) is 11.1 Å². The lowest BCUT2D eigenvalue weighted by Gasteiger charge is -2.11. The maximum absolute atomic E-state index is 6.27. The molecule has 2 N–H and O–H groups in total. The molecule has 16 heavy (non-hydrogen) atoms. The first-order valence-corrected chi connectivity index (χ1v) is 5.57. The molecule has 1 saturated carbocycles. The van der Waals surface area contributed by atoms with Crippen LogP contribution in [0.2, 0.25) is 0 Å². The molecule has 1 aliphatic rings. The molecular weight excluding hydrogens is 198 g/mol. The minimum atomic E-state index is -0.126. The molecule has 0 saturated heterocycles. The van der Waals surface area contributed by atoms with Crippen LogP contribution < -0.4 is 5.73 Å². The summed E-state index contributed by atoms with van der Waals surface area (Å²) in [7, 11) is 1.97. The monoisotopic (exact) mass is 213 g/mol.